The highest BCUT2D eigenvalue weighted by Gasteiger charge is 2.07. The van der Waals surface area contributed by atoms with Gasteiger partial charge in [0.25, 0.3) is 0 Å². The zero-order valence-corrected chi connectivity index (χ0v) is 9.06. The van der Waals surface area contributed by atoms with Crippen LogP contribution >= 0.6 is 11.8 Å². The van der Waals surface area contributed by atoms with Crippen LogP contribution in [-0.4, -0.2) is 36.7 Å². The van der Waals surface area contributed by atoms with Crippen LogP contribution in [0, 0.1) is 0 Å². The molecule has 0 aromatic heterocycles. The highest BCUT2D eigenvalue weighted by Crippen LogP contribution is 2.00. The van der Waals surface area contributed by atoms with E-state index in [4.69, 9.17) is 5.73 Å². The highest BCUT2D eigenvalue weighted by atomic mass is 32.2. The maximum atomic E-state index is 11.0. The van der Waals surface area contributed by atoms with Crippen molar-refractivity contribution in [2.24, 2.45) is 5.73 Å². The fraction of sp³-hybridized carbons (Fsp3) is 0.750. The van der Waals surface area contributed by atoms with Crippen LogP contribution in [0.3, 0.4) is 0 Å². The molecule has 0 aliphatic carbocycles. The Balaban J connectivity index is 3.40. The van der Waals surface area contributed by atoms with E-state index in [9.17, 15) is 9.59 Å². The van der Waals surface area contributed by atoms with Crippen LogP contribution in [0.25, 0.3) is 0 Å². The SMILES string of the molecule is CCOC(=O)NC(=O)CSCCCN. The van der Waals surface area contributed by atoms with Crippen molar-refractivity contribution in [1.82, 2.24) is 5.32 Å². The normalized spacial score (nSPS) is 9.57. The first kappa shape index (κ1) is 13.2. The van der Waals surface area contributed by atoms with E-state index in [0.717, 1.165) is 12.2 Å². The van der Waals surface area contributed by atoms with Gasteiger partial charge >= 0.3 is 6.09 Å². The first-order chi connectivity index (χ1) is 6.70. The number of alkyl carbamates (subject to hydrolysis) is 1. The molecule has 0 atom stereocenters. The number of nitrogens with one attached hydrogen (secondary N) is 1. The van der Waals surface area contributed by atoms with Gasteiger partial charge in [0.2, 0.25) is 5.91 Å². The van der Waals surface area contributed by atoms with Crippen LogP contribution < -0.4 is 11.1 Å². The van der Waals surface area contributed by atoms with Crippen molar-refractivity contribution in [3.8, 4) is 0 Å². The molecule has 0 saturated heterocycles. The van der Waals surface area contributed by atoms with Crippen molar-refractivity contribution in [2.75, 3.05) is 24.7 Å². The van der Waals surface area contributed by atoms with Crippen LogP contribution in [0.5, 0.6) is 0 Å². The molecule has 82 valence electrons. The fourth-order valence-corrected chi connectivity index (χ4v) is 1.44. The number of imide groups is 1. The molecule has 0 aromatic carbocycles. The Hall–Kier alpha value is -0.750. The number of rotatable bonds is 6. The summed E-state index contributed by atoms with van der Waals surface area (Å²) in [5.74, 6) is 0.761. The molecule has 2 amide bonds. The molecule has 0 bridgehead atoms. The predicted octanol–water partition coefficient (Wildman–Crippen LogP) is 0.341. The second-order valence-corrected chi connectivity index (χ2v) is 3.57. The van der Waals surface area contributed by atoms with E-state index < -0.39 is 6.09 Å². The molecule has 0 rings (SSSR count). The standard InChI is InChI=1S/C8H16N2O3S/c1-2-13-8(12)10-7(11)6-14-5-3-4-9/h2-6,9H2,1H3,(H,10,11,12). The minimum atomic E-state index is -0.683. The van der Waals surface area contributed by atoms with Gasteiger partial charge in [0, 0.05) is 0 Å². The number of ether oxygens (including phenoxy) is 1. The Kier molecular flexibility index (Phi) is 8.36. The zero-order valence-electron chi connectivity index (χ0n) is 8.25. The van der Waals surface area contributed by atoms with E-state index in [0.29, 0.717) is 6.54 Å². The van der Waals surface area contributed by atoms with Gasteiger partial charge in [-0.05, 0) is 25.6 Å². The van der Waals surface area contributed by atoms with Crippen LogP contribution in [0.2, 0.25) is 0 Å². The van der Waals surface area contributed by atoms with E-state index in [2.05, 4.69) is 10.1 Å². The minimum absolute atomic E-state index is 0.263. The second-order valence-electron chi connectivity index (χ2n) is 2.46. The van der Waals surface area contributed by atoms with Gasteiger partial charge in [-0.1, -0.05) is 0 Å². The first-order valence-corrected chi connectivity index (χ1v) is 5.60. The molecule has 0 saturated carbocycles. The summed E-state index contributed by atoms with van der Waals surface area (Å²) in [6.45, 7) is 2.56. The van der Waals surface area contributed by atoms with Crippen molar-refractivity contribution in [2.45, 2.75) is 13.3 Å². The molecular formula is C8H16N2O3S. The number of nitrogens with two attached hydrogens (primary N) is 1. The number of carbonyl (C=O) groups is 2. The fourth-order valence-electron chi connectivity index (χ4n) is 0.667. The van der Waals surface area contributed by atoms with Gasteiger partial charge in [0.15, 0.2) is 0 Å². The molecule has 6 heteroatoms. The topological polar surface area (TPSA) is 81.4 Å². The monoisotopic (exact) mass is 220 g/mol. The Morgan fingerprint density at radius 1 is 1.50 bits per heavy atom. The summed E-state index contributed by atoms with van der Waals surface area (Å²) >= 11 is 1.45. The molecule has 14 heavy (non-hydrogen) atoms. The van der Waals surface area contributed by atoms with Gasteiger partial charge in [-0.2, -0.15) is 11.8 Å². The third-order valence-corrected chi connectivity index (χ3v) is 2.29. The summed E-state index contributed by atoms with van der Waals surface area (Å²) in [6.07, 6.45) is 0.189. The first-order valence-electron chi connectivity index (χ1n) is 4.45. The van der Waals surface area contributed by atoms with Crippen molar-refractivity contribution in [3.63, 3.8) is 0 Å². The van der Waals surface area contributed by atoms with Crippen molar-refractivity contribution >= 4 is 23.8 Å². The second kappa shape index (κ2) is 8.83. The molecule has 0 aliphatic rings. The van der Waals surface area contributed by atoms with Crippen LogP contribution in [0.1, 0.15) is 13.3 Å². The van der Waals surface area contributed by atoms with E-state index in [-0.39, 0.29) is 18.3 Å². The van der Waals surface area contributed by atoms with E-state index in [1.54, 1.807) is 6.92 Å². The average Bonchev–Trinajstić information content (AvgIpc) is 2.13. The van der Waals surface area contributed by atoms with E-state index in [1.165, 1.54) is 11.8 Å². The smallest absolute Gasteiger partial charge is 0.413 e. The molecule has 0 heterocycles. The van der Waals surface area contributed by atoms with Gasteiger partial charge in [-0.15, -0.1) is 0 Å². The maximum Gasteiger partial charge on any atom is 0.413 e. The summed E-state index contributed by atoms with van der Waals surface area (Å²) < 4.78 is 4.54. The molecule has 0 spiro atoms. The van der Waals surface area contributed by atoms with Crippen LogP contribution in [0.4, 0.5) is 4.79 Å². The number of hydrogen-bond acceptors (Lipinski definition) is 5. The lowest BCUT2D eigenvalue weighted by Crippen LogP contribution is -2.32. The van der Waals surface area contributed by atoms with Crippen LogP contribution in [-0.2, 0) is 9.53 Å². The summed E-state index contributed by atoms with van der Waals surface area (Å²) in [7, 11) is 0. The van der Waals surface area contributed by atoms with Gasteiger partial charge in [-0.25, -0.2) is 4.79 Å². The molecular weight excluding hydrogens is 204 g/mol. The van der Waals surface area contributed by atoms with Gasteiger partial charge in [0.1, 0.15) is 0 Å². The Bertz CT molecular complexity index is 187. The van der Waals surface area contributed by atoms with Gasteiger partial charge in [0.05, 0.1) is 12.4 Å². The van der Waals surface area contributed by atoms with E-state index in [1.807, 2.05) is 0 Å². The van der Waals surface area contributed by atoms with Crippen molar-refractivity contribution in [3.05, 3.63) is 0 Å². The molecule has 0 fully saturated rings. The van der Waals surface area contributed by atoms with Gasteiger partial charge < -0.3 is 10.5 Å². The molecule has 0 aliphatic heterocycles. The Morgan fingerprint density at radius 2 is 2.21 bits per heavy atom. The summed E-state index contributed by atoms with van der Waals surface area (Å²) in [5.41, 5.74) is 5.28. The molecule has 5 nitrogen and oxygen atoms in total. The molecule has 0 unspecified atom stereocenters. The zero-order chi connectivity index (χ0) is 10.8. The molecule has 0 radical (unpaired) electrons. The lowest BCUT2D eigenvalue weighted by atomic mass is 10.5. The van der Waals surface area contributed by atoms with Gasteiger partial charge in [-0.3, -0.25) is 10.1 Å². The Labute approximate surface area is 87.7 Å². The summed E-state index contributed by atoms with van der Waals surface area (Å²) in [6, 6.07) is 0. The van der Waals surface area contributed by atoms with E-state index >= 15 is 0 Å². The van der Waals surface area contributed by atoms with Crippen molar-refractivity contribution in [1.29, 1.82) is 0 Å². The number of amides is 2. The predicted molar refractivity (Wildman–Crippen MR) is 56.2 cm³/mol. The minimum Gasteiger partial charge on any atom is -0.450 e. The lowest BCUT2D eigenvalue weighted by molar-refractivity contribution is -0.117. The number of thioether (sulfide) groups is 1. The maximum absolute atomic E-state index is 11.0. The molecule has 3 N–H and O–H groups in total. The third kappa shape index (κ3) is 7.88. The lowest BCUT2D eigenvalue weighted by Gasteiger charge is -2.03. The summed E-state index contributed by atoms with van der Waals surface area (Å²) in [4.78, 5) is 21.8. The van der Waals surface area contributed by atoms with Crippen molar-refractivity contribution < 1.29 is 14.3 Å². The molecule has 0 aromatic rings. The van der Waals surface area contributed by atoms with Crippen LogP contribution in [0.15, 0.2) is 0 Å². The largest absolute Gasteiger partial charge is 0.450 e. The quantitative estimate of drug-likeness (QED) is 0.631. The summed E-state index contributed by atoms with van der Waals surface area (Å²) in [5, 5.41) is 2.11. The number of carbonyl (C=O) groups excluding carboxylic acids is 2. The average molecular weight is 220 g/mol. The Morgan fingerprint density at radius 3 is 2.79 bits per heavy atom. The highest BCUT2D eigenvalue weighted by molar-refractivity contribution is 7.99. The number of hydrogen-bond donors (Lipinski definition) is 2. The third-order valence-electron chi connectivity index (χ3n) is 1.24.